The van der Waals surface area contributed by atoms with Gasteiger partial charge in [0.25, 0.3) is 0 Å². The summed E-state index contributed by atoms with van der Waals surface area (Å²) in [5.41, 5.74) is 0. The van der Waals surface area contributed by atoms with Gasteiger partial charge in [-0.25, -0.2) is 0 Å². The van der Waals surface area contributed by atoms with E-state index >= 15 is 0 Å². The van der Waals surface area contributed by atoms with Gasteiger partial charge in [-0.1, -0.05) is 0 Å². The minimum Gasteiger partial charge on any atom is -0.461 e. The summed E-state index contributed by atoms with van der Waals surface area (Å²) < 4.78 is 5.67. The lowest BCUT2D eigenvalue weighted by molar-refractivity contribution is 0.222. The molecule has 0 unspecified atom stereocenters. The first-order valence-corrected chi connectivity index (χ1v) is 8.04. The van der Waals surface area contributed by atoms with Crippen LogP contribution in [0.4, 0.5) is 11.9 Å². The molecule has 0 fully saturated rings. The van der Waals surface area contributed by atoms with Crippen molar-refractivity contribution in [2.24, 2.45) is 0 Å². The Kier molecular flexibility index (Phi) is 6.32. The van der Waals surface area contributed by atoms with Gasteiger partial charge in [0.1, 0.15) is 0 Å². The molecule has 7 heteroatoms. The highest BCUT2D eigenvalue weighted by Gasteiger charge is 2.17. The largest absolute Gasteiger partial charge is 0.461 e. The zero-order valence-corrected chi connectivity index (χ0v) is 14.0. The predicted molar refractivity (Wildman–Crippen MR) is 85.8 cm³/mol. The summed E-state index contributed by atoms with van der Waals surface area (Å²) in [6.45, 7) is 11.7. The maximum absolute atomic E-state index is 5.55. The number of hydrogen-bond donors (Lipinski definition) is 2. The summed E-state index contributed by atoms with van der Waals surface area (Å²) in [5, 5.41) is 6.33. The van der Waals surface area contributed by atoms with Crippen LogP contribution in [0.5, 0.6) is 6.01 Å². The van der Waals surface area contributed by atoms with Crippen molar-refractivity contribution in [3.8, 4) is 6.01 Å². The van der Waals surface area contributed by atoms with Crippen molar-refractivity contribution in [2.75, 3.05) is 30.0 Å². The molecule has 20 heavy (non-hydrogen) atoms. The van der Waals surface area contributed by atoms with Crippen LogP contribution in [0, 0.1) is 0 Å². The van der Waals surface area contributed by atoms with E-state index in [0.717, 1.165) is 13.1 Å². The van der Waals surface area contributed by atoms with Crippen LogP contribution in [0.2, 0.25) is 0 Å². The van der Waals surface area contributed by atoms with Crippen LogP contribution in [0.3, 0.4) is 0 Å². The number of nitrogens with one attached hydrogen (secondary N) is 2. The number of aromatic nitrogens is 3. The second kappa shape index (κ2) is 7.52. The third-order valence-corrected chi connectivity index (χ3v) is 3.77. The van der Waals surface area contributed by atoms with E-state index in [-0.39, 0.29) is 10.9 Å². The molecule has 0 saturated carbocycles. The highest BCUT2D eigenvalue weighted by molar-refractivity contribution is 7.99. The Hall–Kier alpha value is -1.24. The summed E-state index contributed by atoms with van der Waals surface area (Å²) in [7, 11) is 0. The molecule has 0 spiro atoms. The first-order valence-electron chi connectivity index (χ1n) is 6.82. The SMILES string of the molecule is CCNc1nc(NCC(C)(C)SC)nc(OC(C)C)n1. The molecule has 0 radical (unpaired) electrons. The van der Waals surface area contributed by atoms with E-state index in [9.17, 15) is 0 Å². The molecule has 6 nitrogen and oxygen atoms in total. The second-order valence-corrected chi connectivity index (χ2v) is 6.79. The summed E-state index contributed by atoms with van der Waals surface area (Å²) >= 11 is 1.80. The Bertz CT molecular complexity index is 425. The number of nitrogens with zero attached hydrogens (tertiary/aromatic N) is 3. The van der Waals surface area contributed by atoms with Crippen LogP contribution in [-0.2, 0) is 0 Å². The van der Waals surface area contributed by atoms with Crippen LogP contribution in [0.15, 0.2) is 0 Å². The molecular formula is C13H25N5OS. The predicted octanol–water partition coefficient (Wildman–Crippen LogP) is 2.64. The van der Waals surface area contributed by atoms with E-state index < -0.39 is 0 Å². The molecule has 0 aliphatic heterocycles. The Morgan fingerprint density at radius 1 is 1.15 bits per heavy atom. The number of rotatable bonds is 8. The Morgan fingerprint density at radius 3 is 2.25 bits per heavy atom. The molecular weight excluding hydrogens is 274 g/mol. The molecule has 0 atom stereocenters. The van der Waals surface area contributed by atoms with Gasteiger partial charge >= 0.3 is 6.01 Å². The maximum Gasteiger partial charge on any atom is 0.323 e. The number of hydrogen-bond acceptors (Lipinski definition) is 7. The molecule has 0 bridgehead atoms. The van der Waals surface area contributed by atoms with Crippen molar-refractivity contribution in [2.45, 2.75) is 45.5 Å². The van der Waals surface area contributed by atoms with Crippen molar-refractivity contribution in [3.63, 3.8) is 0 Å². The van der Waals surface area contributed by atoms with Crippen LogP contribution < -0.4 is 15.4 Å². The Balaban J connectivity index is 2.85. The van der Waals surface area contributed by atoms with Gasteiger partial charge in [-0.15, -0.1) is 0 Å². The number of anilines is 2. The highest BCUT2D eigenvalue weighted by Crippen LogP contribution is 2.21. The summed E-state index contributed by atoms with van der Waals surface area (Å²) in [6.07, 6.45) is 2.12. The number of thioether (sulfide) groups is 1. The maximum atomic E-state index is 5.55. The molecule has 0 aliphatic carbocycles. The van der Waals surface area contributed by atoms with E-state index in [1.165, 1.54) is 0 Å². The molecule has 1 aromatic heterocycles. The zero-order chi connectivity index (χ0) is 15.2. The van der Waals surface area contributed by atoms with Gasteiger partial charge in [-0.2, -0.15) is 26.7 Å². The molecule has 0 aliphatic rings. The van der Waals surface area contributed by atoms with Gasteiger partial charge in [-0.3, -0.25) is 0 Å². The first kappa shape index (κ1) is 16.8. The van der Waals surface area contributed by atoms with Gasteiger partial charge in [0.2, 0.25) is 11.9 Å². The zero-order valence-electron chi connectivity index (χ0n) is 13.1. The lowest BCUT2D eigenvalue weighted by Gasteiger charge is -2.22. The van der Waals surface area contributed by atoms with E-state index in [0.29, 0.717) is 17.9 Å². The molecule has 2 N–H and O–H groups in total. The quantitative estimate of drug-likeness (QED) is 0.764. The van der Waals surface area contributed by atoms with E-state index in [1.54, 1.807) is 11.8 Å². The standard InChI is InChI=1S/C13H25N5OS/c1-7-14-10-16-11(15-8-13(4,5)20-6)18-12(17-10)19-9(2)3/h9H,7-8H2,1-6H3,(H2,14,15,16,17,18). The van der Waals surface area contributed by atoms with Gasteiger partial charge in [0.15, 0.2) is 0 Å². The van der Waals surface area contributed by atoms with Crippen LogP contribution >= 0.6 is 11.8 Å². The summed E-state index contributed by atoms with van der Waals surface area (Å²) in [6, 6.07) is 0.343. The molecule has 1 aromatic rings. The molecule has 1 rings (SSSR count). The van der Waals surface area contributed by atoms with Crippen LogP contribution in [0.25, 0.3) is 0 Å². The van der Waals surface area contributed by atoms with Gasteiger partial charge in [0.05, 0.1) is 6.10 Å². The fraction of sp³-hybridized carbons (Fsp3) is 0.769. The van der Waals surface area contributed by atoms with Crippen LogP contribution in [-0.4, -0.2) is 45.1 Å². The lowest BCUT2D eigenvalue weighted by Crippen LogP contribution is -2.27. The average Bonchev–Trinajstić information content (AvgIpc) is 2.36. The minimum atomic E-state index is 0.0300. The molecule has 114 valence electrons. The van der Waals surface area contributed by atoms with Gasteiger partial charge in [0, 0.05) is 17.8 Å². The fourth-order valence-corrected chi connectivity index (χ4v) is 1.52. The molecule has 0 aromatic carbocycles. The van der Waals surface area contributed by atoms with Crippen molar-refractivity contribution < 1.29 is 4.74 Å². The normalized spacial score (nSPS) is 11.6. The first-order chi connectivity index (χ1) is 9.36. The van der Waals surface area contributed by atoms with Crippen molar-refractivity contribution >= 4 is 23.7 Å². The minimum absolute atomic E-state index is 0.0300. The van der Waals surface area contributed by atoms with Crippen LogP contribution in [0.1, 0.15) is 34.6 Å². The van der Waals surface area contributed by atoms with E-state index in [1.807, 2.05) is 20.8 Å². The topological polar surface area (TPSA) is 72.0 Å². The van der Waals surface area contributed by atoms with Gasteiger partial charge < -0.3 is 15.4 Å². The highest BCUT2D eigenvalue weighted by atomic mass is 32.2. The van der Waals surface area contributed by atoms with Gasteiger partial charge in [-0.05, 0) is 40.9 Å². The van der Waals surface area contributed by atoms with Crippen molar-refractivity contribution in [3.05, 3.63) is 0 Å². The number of ether oxygens (including phenoxy) is 1. The third-order valence-electron chi connectivity index (χ3n) is 2.52. The van der Waals surface area contributed by atoms with E-state index in [4.69, 9.17) is 4.74 Å². The van der Waals surface area contributed by atoms with Crippen molar-refractivity contribution in [1.82, 2.24) is 15.0 Å². The Labute approximate surface area is 125 Å². The Morgan fingerprint density at radius 2 is 1.75 bits per heavy atom. The molecule has 0 amide bonds. The average molecular weight is 299 g/mol. The molecule has 1 heterocycles. The van der Waals surface area contributed by atoms with E-state index in [2.05, 4.69) is 45.7 Å². The monoisotopic (exact) mass is 299 g/mol. The molecule has 0 saturated heterocycles. The summed E-state index contributed by atoms with van der Waals surface area (Å²) in [4.78, 5) is 12.8. The summed E-state index contributed by atoms with van der Waals surface area (Å²) in [5.74, 6) is 1.07. The van der Waals surface area contributed by atoms with Crippen molar-refractivity contribution in [1.29, 1.82) is 0 Å². The smallest absolute Gasteiger partial charge is 0.323 e. The second-order valence-electron chi connectivity index (χ2n) is 5.28. The lowest BCUT2D eigenvalue weighted by atomic mass is 10.2. The third kappa shape index (κ3) is 5.81. The fourth-order valence-electron chi connectivity index (χ4n) is 1.30.